The molecule has 1 amide bonds. The largest absolute Gasteiger partial charge is 0.416 e. The number of halogens is 5. The Balaban J connectivity index is 0.00000242. The molecule has 1 aromatic carbocycles. The van der Waals surface area contributed by atoms with E-state index in [2.05, 4.69) is 5.32 Å². The number of carbonyl (C=O) groups is 1. The molecule has 0 radical (unpaired) electrons. The van der Waals surface area contributed by atoms with Crippen molar-refractivity contribution >= 4 is 18.3 Å². The number of alkyl halides is 3. The van der Waals surface area contributed by atoms with E-state index in [-0.39, 0.29) is 24.5 Å². The second kappa shape index (κ2) is 6.83. The highest BCUT2D eigenvalue weighted by Crippen LogP contribution is 2.31. The molecule has 2 atom stereocenters. The first-order chi connectivity index (χ1) is 9.71. The van der Waals surface area contributed by atoms with Crippen LogP contribution in [-0.2, 0) is 6.18 Å². The summed E-state index contributed by atoms with van der Waals surface area (Å²) in [4.78, 5) is 13.7. The molecule has 1 aromatic rings. The van der Waals surface area contributed by atoms with Gasteiger partial charge < -0.3 is 10.2 Å². The third-order valence-electron chi connectivity index (χ3n) is 3.82. The highest BCUT2D eigenvalue weighted by Gasteiger charge is 2.34. The SMILES string of the molecule is CC1NCCN(C(=O)c2cc(C(F)(F)F)ccc2F)C1C.Cl. The lowest BCUT2D eigenvalue weighted by molar-refractivity contribution is -0.137. The van der Waals surface area contributed by atoms with E-state index >= 15 is 0 Å². The molecule has 0 saturated carbocycles. The Kier molecular flexibility index (Phi) is 5.81. The molecule has 1 aliphatic rings. The smallest absolute Gasteiger partial charge is 0.333 e. The Bertz CT molecular complexity index is 550. The normalized spacial score (nSPS) is 22.2. The van der Waals surface area contributed by atoms with Crippen molar-refractivity contribution in [3.8, 4) is 0 Å². The second-order valence-electron chi connectivity index (χ2n) is 5.17. The Morgan fingerprint density at radius 1 is 1.32 bits per heavy atom. The Hall–Kier alpha value is -1.34. The number of hydrogen-bond acceptors (Lipinski definition) is 2. The molecule has 1 saturated heterocycles. The van der Waals surface area contributed by atoms with Crippen LogP contribution in [0.1, 0.15) is 29.8 Å². The number of benzene rings is 1. The molecule has 0 aliphatic carbocycles. The molecule has 3 nitrogen and oxygen atoms in total. The first kappa shape index (κ1) is 18.7. The van der Waals surface area contributed by atoms with Gasteiger partial charge in [0.25, 0.3) is 5.91 Å². The van der Waals surface area contributed by atoms with Crippen LogP contribution >= 0.6 is 12.4 Å². The maximum atomic E-state index is 13.8. The van der Waals surface area contributed by atoms with Crippen LogP contribution in [0, 0.1) is 5.82 Å². The van der Waals surface area contributed by atoms with Crippen molar-refractivity contribution < 1.29 is 22.4 Å². The van der Waals surface area contributed by atoms with Crippen molar-refractivity contribution in [1.82, 2.24) is 10.2 Å². The lowest BCUT2D eigenvalue weighted by Gasteiger charge is -2.38. The molecule has 2 rings (SSSR count). The molecular formula is C14H17ClF4N2O. The van der Waals surface area contributed by atoms with E-state index in [4.69, 9.17) is 0 Å². The number of hydrogen-bond donors (Lipinski definition) is 1. The van der Waals surface area contributed by atoms with Crippen LogP contribution < -0.4 is 5.32 Å². The van der Waals surface area contributed by atoms with Crippen LogP contribution in [0.2, 0.25) is 0 Å². The molecule has 2 unspecified atom stereocenters. The van der Waals surface area contributed by atoms with Gasteiger partial charge in [-0.2, -0.15) is 13.2 Å². The lowest BCUT2D eigenvalue weighted by atomic mass is 10.0. The maximum absolute atomic E-state index is 13.8. The second-order valence-corrected chi connectivity index (χ2v) is 5.17. The fourth-order valence-electron chi connectivity index (χ4n) is 2.36. The number of amides is 1. The summed E-state index contributed by atoms with van der Waals surface area (Å²) < 4.78 is 51.8. The quantitative estimate of drug-likeness (QED) is 0.797. The van der Waals surface area contributed by atoms with Gasteiger partial charge in [0.1, 0.15) is 5.82 Å². The van der Waals surface area contributed by atoms with E-state index in [1.807, 2.05) is 6.92 Å². The Labute approximate surface area is 132 Å². The zero-order valence-corrected chi connectivity index (χ0v) is 12.9. The Morgan fingerprint density at radius 2 is 1.95 bits per heavy atom. The van der Waals surface area contributed by atoms with E-state index in [1.54, 1.807) is 6.92 Å². The third kappa shape index (κ3) is 3.70. The predicted octanol–water partition coefficient (Wildman–Crippen LogP) is 3.09. The lowest BCUT2D eigenvalue weighted by Crippen LogP contribution is -2.57. The predicted molar refractivity (Wildman–Crippen MR) is 76.6 cm³/mol. The average molecular weight is 341 g/mol. The standard InChI is InChI=1S/C14H16F4N2O.ClH/c1-8-9(2)20(6-5-19-8)13(21)11-7-10(14(16,17)18)3-4-12(11)15;/h3-4,7-9,19H,5-6H2,1-2H3;1H. The first-order valence-corrected chi connectivity index (χ1v) is 6.63. The molecule has 124 valence electrons. The van der Waals surface area contributed by atoms with Crippen molar-refractivity contribution in [2.45, 2.75) is 32.1 Å². The number of carbonyl (C=O) groups excluding carboxylic acids is 1. The van der Waals surface area contributed by atoms with E-state index < -0.39 is 29.0 Å². The molecular weight excluding hydrogens is 324 g/mol. The van der Waals surface area contributed by atoms with Gasteiger partial charge in [0.05, 0.1) is 11.1 Å². The van der Waals surface area contributed by atoms with Crippen molar-refractivity contribution in [3.63, 3.8) is 0 Å². The minimum Gasteiger partial charge on any atom is -0.333 e. The van der Waals surface area contributed by atoms with Crippen molar-refractivity contribution in [2.75, 3.05) is 13.1 Å². The van der Waals surface area contributed by atoms with Gasteiger partial charge in [-0.25, -0.2) is 4.39 Å². The van der Waals surface area contributed by atoms with Crippen LogP contribution in [-0.4, -0.2) is 36.0 Å². The molecule has 0 aromatic heterocycles. The molecule has 1 N–H and O–H groups in total. The number of piperazine rings is 1. The molecule has 1 aliphatic heterocycles. The Morgan fingerprint density at radius 3 is 2.55 bits per heavy atom. The van der Waals surface area contributed by atoms with Crippen molar-refractivity contribution in [3.05, 3.63) is 35.1 Å². The minimum absolute atomic E-state index is 0. The minimum atomic E-state index is -4.61. The molecule has 0 spiro atoms. The van der Waals surface area contributed by atoms with Gasteiger partial charge in [0, 0.05) is 25.2 Å². The van der Waals surface area contributed by atoms with E-state index in [1.165, 1.54) is 4.90 Å². The third-order valence-corrected chi connectivity index (χ3v) is 3.82. The maximum Gasteiger partial charge on any atom is 0.416 e. The average Bonchev–Trinajstić information content (AvgIpc) is 2.40. The van der Waals surface area contributed by atoms with E-state index in [0.717, 1.165) is 0 Å². The molecule has 0 bridgehead atoms. The highest BCUT2D eigenvalue weighted by molar-refractivity contribution is 5.95. The summed E-state index contributed by atoms with van der Waals surface area (Å²) in [5.74, 6) is -1.65. The number of nitrogens with zero attached hydrogens (tertiary/aromatic N) is 1. The van der Waals surface area contributed by atoms with Crippen LogP contribution in [0.4, 0.5) is 17.6 Å². The molecule has 1 fully saturated rings. The van der Waals surface area contributed by atoms with Crippen molar-refractivity contribution in [1.29, 1.82) is 0 Å². The van der Waals surface area contributed by atoms with Gasteiger partial charge in [-0.3, -0.25) is 4.79 Å². The summed E-state index contributed by atoms with van der Waals surface area (Å²) in [6, 6.07) is 1.68. The summed E-state index contributed by atoms with van der Waals surface area (Å²) in [5, 5.41) is 3.15. The van der Waals surface area contributed by atoms with E-state index in [9.17, 15) is 22.4 Å². The topological polar surface area (TPSA) is 32.3 Å². The zero-order valence-electron chi connectivity index (χ0n) is 12.1. The summed E-state index contributed by atoms with van der Waals surface area (Å²) in [6.45, 7) is 4.50. The van der Waals surface area contributed by atoms with Gasteiger partial charge in [-0.1, -0.05) is 0 Å². The molecule has 1 heterocycles. The molecule has 22 heavy (non-hydrogen) atoms. The van der Waals surface area contributed by atoms with E-state index in [0.29, 0.717) is 31.3 Å². The highest BCUT2D eigenvalue weighted by atomic mass is 35.5. The summed E-state index contributed by atoms with van der Waals surface area (Å²) in [7, 11) is 0. The van der Waals surface area contributed by atoms with Crippen LogP contribution in [0.25, 0.3) is 0 Å². The van der Waals surface area contributed by atoms with Gasteiger partial charge >= 0.3 is 6.18 Å². The van der Waals surface area contributed by atoms with Gasteiger partial charge in [-0.15, -0.1) is 12.4 Å². The first-order valence-electron chi connectivity index (χ1n) is 6.63. The zero-order chi connectivity index (χ0) is 15.8. The summed E-state index contributed by atoms with van der Waals surface area (Å²) in [5.41, 5.74) is -1.56. The summed E-state index contributed by atoms with van der Waals surface area (Å²) in [6.07, 6.45) is -4.61. The summed E-state index contributed by atoms with van der Waals surface area (Å²) >= 11 is 0. The monoisotopic (exact) mass is 340 g/mol. The van der Waals surface area contributed by atoms with Gasteiger partial charge in [0.15, 0.2) is 0 Å². The van der Waals surface area contributed by atoms with Crippen molar-refractivity contribution in [2.24, 2.45) is 0 Å². The van der Waals surface area contributed by atoms with Crippen LogP contribution in [0.5, 0.6) is 0 Å². The fourth-order valence-corrected chi connectivity index (χ4v) is 2.36. The fraction of sp³-hybridized carbons (Fsp3) is 0.500. The molecule has 8 heteroatoms. The van der Waals surface area contributed by atoms with Crippen LogP contribution in [0.3, 0.4) is 0 Å². The van der Waals surface area contributed by atoms with Gasteiger partial charge in [0.2, 0.25) is 0 Å². The van der Waals surface area contributed by atoms with Crippen LogP contribution in [0.15, 0.2) is 18.2 Å². The number of rotatable bonds is 1. The van der Waals surface area contributed by atoms with Gasteiger partial charge in [-0.05, 0) is 32.0 Å². The number of nitrogens with one attached hydrogen (secondary N) is 1.